The fourth-order valence-corrected chi connectivity index (χ4v) is 1.71. The van der Waals surface area contributed by atoms with Gasteiger partial charge in [-0.25, -0.2) is 4.79 Å². The van der Waals surface area contributed by atoms with Gasteiger partial charge in [-0.1, -0.05) is 18.2 Å². The topological polar surface area (TPSA) is 68.5 Å². The van der Waals surface area contributed by atoms with Gasteiger partial charge in [0.15, 0.2) is 6.61 Å². The van der Waals surface area contributed by atoms with Gasteiger partial charge in [-0.2, -0.15) is 0 Å². The van der Waals surface area contributed by atoms with Gasteiger partial charge in [-0.15, -0.1) is 0 Å². The molecule has 0 aliphatic heterocycles. The van der Waals surface area contributed by atoms with E-state index in [0.717, 1.165) is 5.56 Å². The number of carbonyl (C=O) groups is 2. The predicted octanol–water partition coefficient (Wildman–Crippen LogP) is 2.69. The quantitative estimate of drug-likeness (QED) is 0.870. The molecule has 0 aliphatic carbocycles. The molecule has 0 unspecified atom stereocenters. The van der Waals surface area contributed by atoms with Crippen molar-refractivity contribution in [3.8, 4) is 0 Å². The lowest BCUT2D eigenvalue weighted by Gasteiger charge is -2.08. The molecular weight excluding hydrogens is 258 g/mol. The summed E-state index contributed by atoms with van der Waals surface area (Å²) in [7, 11) is 0. The zero-order valence-corrected chi connectivity index (χ0v) is 11.3. The molecule has 0 atom stereocenters. The molecule has 20 heavy (non-hydrogen) atoms. The van der Waals surface area contributed by atoms with E-state index in [0.29, 0.717) is 17.0 Å². The summed E-state index contributed by atoms with van der Waals surface area (Å²) in [5.41, 5.74) is 1.97. The highest BCUT2D eigenvalue weighted by molar-refractivity contribution is 5.96. The maximum absolute atomic E-state index is 11.7. The van der Waals surface area contributed by atoms with Gasteiger partial charge in [0.2, 0.25) is 0 Å². The van der Waals surface area contributed by atoms with Crippen molar-refractivity contribution in [2.45, 2.75) is 13.8 Å². The summed E-state index contributed by atoms with van der Waals surface area (Å²) in [4.78, 5) is 23.4. The van der Waals surface area contributed by atoms with E-state index in [1.54, 1.807) is 13.0 Å². The van der Waals surface area contributed by atoms with E-state index in [-0.39, 0.29) is 12.5 Å². The Hall–Kier alpha value is -2.56. The Labute approximate surface area is 116 Å². The Bertz CT molecular complexity index is 630. The van der Waals surface area contributed by atoms with Crippen molar-refractivity contribution >= 4 is 17.6 Å². The first kappa shape index (κ1) is 13.9. The Morgan fingerprint density at radius 3 is 2.60 bits per heavy atom. The van der Waals surface area contributed by atoms with Gasteiger partial charge >= 0.3 is 5.97 Å². The molecule has 0 saturated carbocycles. The molecule has 0 fully saturated rings. The lowest BCUT2D eigenvalue weighted by atomic mass is 10.2. The number of hydrogen-bond acceptors (Lipinski definition) is 4. The second kappa shape index (κ2) is 6.06. The van der Waals surface area contributed by atoms with Crippen LogP contribution in [0.2, 0.25) is 0 Å². The van der Waals surface area contributed by atoms with Gasteiger partial charge in [0.05, 0.1) is 6.26 Å². The van der Waals surface area contributed by atoms with Gasteiger partial charge in [0.1, 0.15) is 11.3 Å². The summed E-state index contributed by atoms with van der Waals surface area (Å²) in [6.07, 6.45) is 1.40. The molecule has 0 saturated heterocycles. The molecule has 0 bridgehead atoms. The third-order valence-electron chi connectivity index (χ3n) is 2.83. The Balaban J connectivity index is 1.89. The van der Waals surface area contributed by atoms with Crippen LogP contribution in [0.25, 0.3) is 0 Å². The van der Waals surface area contributed by atoms with Crippen LogP contribution in [0, 0.1) is 13.8 Å². The van der Waals surface area contributed by atoms with Crippen molar-refractivity contribution in [3.05, 3.63) is 53.5 Å². The average molecular weight is 273 g/mol. The first-order valence-corrected chi connectivity index (χ1v) is 6.14. The molecule has 5 heteroatoms. The van der Waals surface area contributed by atoms with Crippen LogP contribution < -0.4 is 5.32 Å². The van der Waals surface area contributed by atoms with Crippen molar-refractivity contribution in [2.24, 2.45) is 0 Å². The summed E-state index contributed by atoms with van der Waals surface area (Å²) >= 11 is 0. The van der Waals surface area contributed by atoms with Crippen LogP contribution in [0.4, 0.5) is 5.69 Å². The van der Waals surface area contributed by atoms with Gasteiger partial charge in [-0.3, -0.25) is 4.79 Å². The largest absolute Gasteiger partial charge is 0.469 e. The molecule has 0 aliphatic rings. The SMILES string of the molecule is Cc1ccccc1NC(=O)COC(=O)c1ccoc1C. The van der Waals surface area contributed by atoms with Crippen molar-refractivity contribution in [1.29, 1.82) is 0 Å². The Morgan fingerprint density at radius 2 is 1.95 bits per heavy atom. The zero-order chi connectivity index (χ0) is 14.5. The van der Waals surface area contributed by atoms with Crippen LogP contribution in [0.1, 0.15) is 21.7 Å². The number of rotatable bonds is 4. The van der Waals surface area contributed by atoms with Crippen LogP contribution in [0.15, 0.2) is 41.0 Å². The second-order valence-corrected chi connectivity index (χ2v) is 4.33. The number of anilines is 1. The highest BCUT2D eigenvalue weighted by Crippen LogP contribution is 2.13. The highest BCUT2D eigenvalue weighted by Gasteiger charge is 2.14. The summed E-state index contributed by atoms with van der Waals surface area (Å²) in [6.45, 7) is 3.21. The van der Waals surface area contributed by atoms with Gasteiger partial charge < -0.3 is 14.5 Å². The second-order valence-electron chi connectivity index (χ2n) is 4.33. The first-order valence-electron chi connectivity index (χ1n) is 6.14. The average Bonchev–Trinajstić information content (AvgIpc) is 2.85. The number of aryl methyl sites for hydroxylation is 2. The molecule has 1 amide bonds. The molecule has 2 rings (SSSR count). The third-order valence-corrected chi connectivity index (χ3v) is 2.83. The summed E-state index contributed by atoms with van der Waals surface area (Å²) in [5.74, 6) is -0.487. The van der Waals surface area contributed by atoms with Crippen LogP contribution in [-0.4, -0.2) is 18.5 Å². The number of amides is 1. The number of hydrogen-bond donors (Lipinski definition) is 1. The molecule has 1 N–H and O–H groups in total. The minimum atomic E-state index is -0.573. The van der Waals surface area contributed by atoms with E-state index in [1.807, 2.05) is 25.1 Å². The monoisotopic (exact) mass is 273 g/mol. The van der Waals surface area contributed by atoms with Crippen LogP contribution in [0.3, 0.4) is 0 Å². The molecule has 0 spiro atoms. The number of esters is 1. The number of ether oxygens (including phenoxy) is 1. The Morgan fingerprint density at radius 1 is 1.20 bits per heavy atom. The minimum absolute atomic E-state index is 0.327. The molecule has 104 valence electrons. The minimum Gasteiger partial charge on any atom is -0.469 e. The fraction of sp³-hybridized carbons (Fsp3) is 0.200. The van der Waals surface area contributed by atoms with Crippen LogP contribution in [0.5, 0.6) is 0 Å². The van der Waals surface area contributed by atoms with E-state index in [4.69, 9.17) is 9.15 Å². The van der Waals surface area contributed by atoms with Gasteiger partial charge in [0, 0.05) is 5.69 Å². The molecular formula is C15H15NO4. The van der Waals surface area contributed by atoms with Crippen molar-refractivity contribution < 1.29 is 18.7 Å². The summed E-state index contributed by atoms with van der Waals surface area (Å²) in [6, 6.07) is 8.89. The Kier molecular flexibility index (Phi) is 4.20. The third kappa shape index (κ3) is 3.26. The van der Waals surface area contributed by atoms with Crippen molar-refractivity contribution in [3.63, 3.8) is 0 Å². The molecule has 1 heterocycles. The van der Waals surface area contributed by atoms with E-state index >= 15 is 0 Å². The first-order chi connectivity index (χ1) is 9.58. The van der Waals surface area contributed by atoms with E-state index in [1.165, 1.54) is 12.3 Å². The number of nitrogens with one attached hydrogen (secondary N) is 1. The van der Waals surface area contributed by atoms with E-state index < -0.39 is 5.97 Å². The normalized spacial score (nSPS) is 10.1. The molecule has 1 aromatic heterocycles. The standard InChI is InChI=1S/C15H15NO4/c1-10-5-3-4-6-13(10)16-14(17)9-20-15(18)12-7-8-19-11(12)2/h3-8H,9H2,1-2H3,(H,16,17). The predicted molar refractivity (Wildman–Crippen MR) is 73.5 cm³/mol. The smallest absolute Gasteiger partial charge is 0.342 e. The number of furan rings is 1. The van der Waals surface area contributed by atoms with Crippen LogP contribution in [-0.2, 0) is 9.53 Å². The van der Waals surface area contributed by atoms with E-state index in [2.05, 4.69) is 5.32 Å². The maximum Gasteiger partial charge on any atom is 0.342 e. The number of carbonyl (C=O) groups excluding carboxylic acids is 2. The zero-order valence-electron chi connectivity index (χ0n) is 11.3. The molecule has 2 aromatic rings. The summed E-state index contributed by atoms with van der Waals surface area (Å²) in [5, 5.41) is 2.69. The summed E-state index contributed by atoms with van der Waals surface area (Å²) < 4.78 is 9.93. The van der Waals surface area contributed by atoms with Crippen molar-refractivity contribution in [1.82, 2.24) is 0 Å². The lowest BCUT2D eigenvalue weighted by molar-refractivity contribution is -0.119. The van der Waals surface area contributed by atoms with E-state index in [9.17, 15) is 9.59 Å². The van der Waals surface area contributed by atoms with Gasteiger partial charge in [0.25, 0.3) is 5.91 Å². The molecule has 1 aromatic carbocycles. The fourth-order valence-electron chi connectivity index (χ4n) is 1.71. The molecule has 0 radical (unpaired) electrons. The highest BCUT2D eigenvalue weighted by atomic mass is 16.5. The van der Waals surface area contributed by atoms with Gasteiger partial charge in [-0.05, 0) is 31.5 Å². The molecule has 5 nitrogen and oxygen atoms in total. The van der Waals surface area contributed by atoms with Crippen LogP contribution >= 0.6 is 0 Å². The van der Waals surface area contributed by atoms with Crippen molar-refractivity contribution in [2.75, 3.05) is 11.9 Å². The number of benzene rings is 1. The maximum atomic E-state index is 11.7. The number of para-hydroxylation sites is 1. The lowest BCUT2D eigenvalue weighted by Crippen LogP contribution is -2.21.